The van der Waals surface area contributed by atoms with Gasteiger partial charge in [0.15, 0.2) is 5.79 Å². The fraction of sp³-hybridized carbons (Fsp3) is 0.917. The van der Waals surface area contributed by atoms with Gasteiger partial charge in [-0.1, -0.05) is 76.6 Å². The maximum atomic E-state index is 10.5. The van der Waals surface area contributed by atoms with E-state index >= 15 is 0 Å². The maximum Gasteiger partial charge on any atom is 0.172 e. The molecule has 2 N–H and O–H groups in total. The molecule has 0 aromatic heterocycles. The fourth-order valence-corrected chi connectivity index (χ4v) is 5.26. The summed E-state index contributed by atoms with van der Waals surface area (Å²) in [7, 11) is 0. The van der Waals surface area contributed by atoms with E-state index in [1.165, 1.54) is 57.8 Å². The van der Waals surface area contributed by atoms with Gasteiger partial charge in [0, 0.05) is 18.3 Å². The smallest absolute Gasteiger partial charge is 0.172 e. The van der Waals surface area contributed by atoms with Crippen LogP contribution in [0, 0.1) is 29.6 Å². The van der Waals surface area contributed by atoms with Crippen LogP contribution in [0.3, 0.4) is 0 Å². The van der Waals surface area contributed by atoms with Gasteiger partial charge < -0.3 is 19.7 Å². The van der Waals surface area contributed by atoms with E-state index in [-0.39, 0.29) is 17.8 Å². The highest BCUT2D eigenvalue weighted by atomic mass is 16.7. The zero-order valence-electron chi connectivity index (χ0n) is 17.7. The molecule has 2 aliphatic carbocycles. The lowest BCUT2D eigenvalue weighted by atomic mass is 9.69. The van der Waals surface area contributed by atoms with Crippen LogP contribution < -0.4 is 0 Å². The standard InChI is InChI=1S/C24H40O4/c1-2-3-4-5-6-7-8-9-10-11-12-20(25)14-13-19-17-22-21(23(19)26)18-24(22)27-15-16-28-24/h19-23,25-26H,2-12,15-18H2,1H3. The van der Waals surface area contributed by atoms with Crippen LogP contribution in [-0.4, -0.2) is 41.4 Å². The first-order chi connectivity index (χ1) is 13.7. The molecule has 1 heterocycles. The lowest BCUT2D eigenvalue weighted by molar-refractivity contribution is -0.275. The summed E-state index contributed by atoms with van der Waals surface area (Å²) in [5.41, 5.74) is 0. The van der Waals surface area contributed by atoms with Gasteiger partial charge in [-0.05, 0) is 25.2 Å². The molecule has 0 aromatic rings. The number of rotatable bonds is 11. The Morgan fingerprint density at radius 2 is 1.57 bits per heavy atom. The number of ether oxygens (including phenoxy) is 2. The SMILES string of the molecule is CCCCCCCCCCCCC(O)C#CC1CC2C(CC23OCCO3)C1O. The normalized spacial score (nSPS) is 31.2. The van der Waals surface area contributed by atoms with Gasteiger partial charge in [0.25, 0.3) is 0 Å². The monoisotopic (exact) mass is 392 g/mol. The molecule has 0 bridgehead atoms. The van der Waals surface area contributed by atoms with Crippen LogP contribution in [0.2, 0.25) is 0 Å². The molecular formula is C24H40O4. The van der Waals surface area contributed by atoms with Crippen LogP contribution in [0.25, 0.3) is 0 Å². The molecule has 0 amide bonds. The highest BCUT2D eigenvalue weighted by Gasteiger charge is 2.64. The summed E-state index contributed by atoms with van der Waals surface area (Å²) >= 11 is 0. The van der Waals surface area contributed by atoms with Crippen molar-refractivity contribution in [2.45, 2.75) is 108 Å². The van der Waals surface area contributed by atoms with Crippen molar-refractivity contribution in [2.24, 2.45) is 17.8 Å². The third-order valence-corrected chi connectivity index (χ3v) is 7.00. The first kappa shape index (κ1) is 22.1. The second-order valence-electron chi connectivity index (χ2n) is 9.09. The van der Waals surface area contributed by atoms with Crippen molar-refractivity contribution in [1.29, 1.82) is 0 Å². The molecule has 1 spiro atoms. The van der Waals surface area contributed by atoms with E-state index in [0.29, 0.717) is 13.2 Å². The molecule has 4 nitrogen and oxygen atoms in total. The summed E-state index contributed by atoms with van der Waals surface area (Å²) in [6, 6.07) is 0. The second-order valence-corrected chi connectivity index (χ2v) is 9.09. The predicted octanol–water partition coefficient (Wildman–Crippen LogP) is 4.42. The summed E-state index contributed by atoms with van der Waals surface area (Å²) in [6.45, 7) is 3.58. The molecule has 1 aliphatic heterocycles. The van der Waals surface area contributed by atoms with Gasteiger partial charge in [-0.15, -0.1) is 0 Å². The van der Waals surface area contributed by atoms with E-state index in [9.17, 15) is 10.2 Å². The molecule has 3 fully saturated rings. The molecular weight excluding hydrogens is 352 g/mol. The molecule has 5 unspecified atom stereocenters. The molecule has 0 aromatic carbocycles. The van der Waals surface area contributed by atoms with Crippen molar-refractivity contribution in [1.82, 2.24) is 0 Å². The van der Waals surface area contributed by atoms with Crippen LogP contribution >= 0.6 is 0 Å². The minimum absolute atomic E-state index is 0.0514. The third-order valence-electron chi connectivity index (χ3n) is 7.00. The average molecular weight is 393 g/mol. The average Bonchev–Trinajstić information content (AvgIpc) is 3.27. The number of aliphatic hydroxyl groups is 2. The molecule has 1 saturated heterocycles. The molecule has 4 heteroatoms. The summed E-state index contributed by atoms with van der Waals surface area (Å²) < 4.78 is 11.6. The van der Waals surface area contributed by atoms with Crippen molar-refractivity contribution in [2.75, 3.05) is 13.2 Å². The van der Waals surface area contributed by atoms with Gasteiger partial charge in [0.1, 0.15) is 6.10 Å². The Hall–Kier alpha value is -0.600. The number of unbranched alkanes of at least 4 members (excludes halogenated alkanes) is 9. The molecule has 3 aliphatic rings. The van der Waals surface area contributed by atoms with Gasteiger partial charge in [-0.2, -0.15) is 0 Å². The highest BCUT2D eigenvalue weighted by molar-refractivity contribution is 5.18. The van der Waals surface area contributed by atoms with E-state index in [1.54, 1.807) is 0 Å². The van der Waals surface area contributed by atoms with Gasteiger partial charge >= 0.3 is 0 Å². The molecule has 5 atom stereocenters. The first-order valence-corrected chi connectivity index (χ1v) is 11.8. The molecule has 28 heavy (non-hydrogen) atoms. The molecule has 0 radical (unpaired) electrons. The van der Waals surface area contributed by atoms with E-state index in [1.807, 2.05) is 0 Å². The summed E-state index contributed by atoms with van der Waals surface area (Å²) in [6.07, 6.45) is 14.4. The van der Waals surface area contributed by atoms with Crippen LogP contribution in [0.5, 0.6) is 0 Å². The van der Waals surface area contributed by atoms with Crippen molar-refractivity contribution < 1.29 is 19.7 Å². The van der Waals surface area contributed by atoms with E-state index in [4.69, 9.17) is 9.47 Å². The number of fused-ring (bicyclic) bond motifs is 2. The summed E-state index contributed by atoms with van der Waals surface area (Å²) in [4.78, 5) is 0. The zero-order chi connectivity index (χ0) is 19.8. The highest BCUT2D eigenvalue weighted by Crippen LogP contribution is 2.58. The zero-order valence-corrected chi connectivity index (χ0v) is 17.7. The Kier molecular flexibility index (Phi) is 8.66. The van der Waals surface area contributed by atoms with E-state index < -0.39 is 18.0 Å². The van der Waals surface area contributed by atoms with E-state index in [2.05, 4.69) is 18.8 Å². The Balaban J connectivity index is 1.25. The van der Waals surface area contributed by atoms with Gasteiger partial charge in [-0.25, -0.2) is 0 Å². The summed E-state index contributed by atoms with van der Waals surface area (Å²) in [5.74, 6) is 6.19. The van der Waals surface area contributed by atoms with Crippen molar-refractivity contribution in [3.63, 3.8) is 0 Å². The fourth-order valence-electron chi connectivity index (χ4n) is 5.26. The lowest BCUT2D eigenvalue weighted by Crippen LogP contribution is -2.54. The Labute approximate surface area is 171 Å². The summed E-state index contributed by atoms with van der Waals surface area (Å²) in [5, 5.41) is 20.7. The minimum atomic E-state index is -0.563. The van der Waals surface area contributed by atoms with Crippen LogP contribution in [-0.2, 0) is 9.47 Å². The third kappa shape index (κ3) is 5.51. The Morgan fingerprint density at radius 3 is 2.21 bits per heavy atom. The van der Waals surface area contributed by atoms with Crippen molar-refractivity contribution in [3.05, 3.63) is 0 Å². The predicted molar refractivity (Wildman–Crippen MR) is 111 cm³/mol. The largest absolute Gasteiger partial charge is 0.392 e. The van der Waals surface area contributed by atoms with Gasteiger partial charge in [0.2, 0.25) is 0 Å². The van der Waals surface area contributed by atoms with Crippen LogP contribution in [0.4, 0.5) is 0 Å². The molecule has 2 saturated carbocycles. The maximum absolute atomic E-state index is 10.5. The van der Waals surface area contributed by atoms with Crippen molar-refractivity contribution >= 4 is 0 Å². The first-order valence-electron chi connectivity index (χ1n) is 11.8. The Bertz CT molecular complexity index is 516. The van der Waals surface area contributed by atoms with Gasteiger partial charge in [-0.3, -0.25) is 0 Å². The van der Waals surface area contributed by atoms with Crippen LogP contribution in [0.15, 0.2) is 0 Å². The topological polar surface area (TPSA) is 58.9 Å². The number of aliphatic hydroxyl groups excluding tert-OH is 2. The van der Waals surface area contributed by atoms with Crippen molar-refractivity contribution in [3.8, 4) is 11.8 Å². The Morgan fingerprint density at radius 1 is 0.964 bits per heavy atom. The number of hydrogen-bond donors (Lipinski definition) is 2. The quantitative estimate of drug-likeness (QED) is 0.404. The minimum Gasteiger partial charge on any atom is -0.392 e. The second kappa shape index (κ2) is 11.0. The number of hydrogen-bond acceptors (Lipinski definition) is 4. The van der Waals surface area contributed by atoms with E-state index in [0.717, 1.165) is 25.7 Å². The van der Waals surface area contributed by atoms with Gasteiger partial charge in [0.05, 0.1) is 19.3 Å². The molecule has 3 rings (SSSR count). The molecule has 160 valence electrons. The van der Waals surface area contributed by atoms with Crippen LogP contribution in [0.1, 0.15) is 90.4 Å². The lowest BCUT2D eigenvalue weighted by Gasteiger charge is -2.48.